The number of hydrogen-bond acceptors (Lipinski definition) is 11. The van der Waals surface area contributed by atoms with E-state index in [0.29, 0.717) is 22.2 Å². The topological polar surface area (TPSA) is 107 Å². The van der Waals surface area contributed by atoms with Crippen molar-refractivity contribution in [3.63, 3.8) is 0 Å². The molecular formula is C32H39BrF3N10OP. The van der Waals surface area contributed by atoms with Gasteiger partial charge in [0.15, 0.2) is 6.61 Å². The summed E-state index contributed by atoms with van der Waals surface area (Å²) < 4.78 is 45.9. The van der Waals surface area contributed by atoms with Crippen molar-refractivity contribution in [2.24, 2.45) is 0 Å². The highest BCUT2D eigenvalue weighted by Gasteiger charge is 2.31. The number of aromatic nitrogens is 5. The summed E-state index contributed by atoms with van der Waals surface area (Å²) in [5.41, 5.74) is 3.51. The number of piperazine rings is 1. The Labute approximate surface area is 287 Å². The third kappa shape index (κ3) is 8.07. The molecule has 1 aromatic carbocycles. The van der Waals surface area contributed by atoms with Crippen LogP contribution in [-0.4, -0.2) is 113 Å². The van der Waals surface area contributed by atoms with Gasteiger partial charge in [-0.3, -0.25) is 14.9 Å². The zero-order valence-electron chi connectivity index (χ0n) is 27.4. The summed E-state index contributed by atoms with van der Waals surface area (Å²) in [7, 11) is 1.58. The summed E-state index contributed by atoms with van der Waals surface area (Å²) >= 11 is 3.53. The first-order valence-electron chi connectivity index (χ1n) is 15.8. The van der Waals surface area contributed by atoms with Crippen molar-refractivity contribution in [1.82, 2.24) is 34.7 Å². The molecule has 6 rings (SSSR count). The van der Waals surface area contributed by atoms with Crippen molar-refractivity contribution < 1.29 is 17.9 Å². The highest BCUT2D eigenvalue weighted by Crippen LogP contribution is 2.36. The van der Waals surface area contributed by atoms with E-state index in [1.54, 1.807) is 24.7 Å². The molecule has 0 radical (unpaired) electrons. The third-order valence-electron chi connectivity index (χ3n) is 8.65. The molecular weight excluding hydrogens is 708 g/mol. The predicted octanol–water partition coefficient (Wildman–Crippen LogP) is 5.90. The van der Waals surface area contributed by atoms with E-state index in [-0.39, 0.29) is 17.5 Å². The van der Waals surface area contributed by atoms with Crippen LogP contribution in [0.5, 0.6) is 5.88 Å². The van der Waals surface area contributed by atoms with Crippen LogP contribution in [0.25, 0.3) is 11.0 Å². The molecule has 4 aromatic rings. The molecule has 2 aliphatic rings. The number of ether oxygens (including phenoxy) is 1. The van der Waals surface area contributed by atoms with Gasteiger partial charge in [-0.15, -0.1) is 0 Å². The van der Waals surface area contributed by atoms with Gasteiger partial charge in [-0.05, 0) is 79.8 Å². The standard InChI is InChI=1S/C32H39BrF3N10OP/c1-20-17-25(30(47-19-32(34,35)36)43-29(20)46-11-7-21(8-12-46)45-15-13-44(2)14-16-45)41-31-39-18-22(33)28(42-31)40-24-6-5-23-26(27(24)48(3)4)38-10-9-37-23/h5-6,9-10,17-18,21H,7-8,11-16,19H2,1-4H3,(H2,39,40,41,42). The zero-order valence-corrected chi connectivity index (χ0v) is 29.8. The molecule has 11 nitrogen and oxygen atoms in total. The second-order valence-electron chi connectivity index (χ2n) is 12.4. The molecule has 0 amide bonds. The van der Waals surface area contributed by atoms with Crippen LogP contribution in [0.15, 0.2) is 41.3 Å². The van der Waals surface area contributed by atoms with Gasteiger partial charge in [0.05, 0.1) is 15.5 Å². The minimum atomic E-state index is -4.53. The Hall–Kier alpha value is -3.39. The van der Waals surface area contributed by atoms with Crippen LogP contribution >= 0.6 is 23.9 Å². The van der Waals surface area contributed by atoms with Gasteiger partial charge in [0.1, 0.15) is 17.3 Å². The lowest BCUT2D eigenvalue weighted by atomic mass is 10.0. The van der Waals surface area contributed by atoms with Gasteiger partial charge in [0.2, 0.25) is 11.8 Å². The van der Waals surface area contributed by atoms with Gasteiger partial charge in [-0.2, -0.15) is 23.1 Å². The van der Waals surface area contributed by atoms with Crippen molar-refractivity contribution >= 4 is 69.1 Å². The van der Waals surface area contributed by atoms with Crippen molar-refractivity contribution in [3.05, 3.63) is 46.8 Å². The summed E-state index contributed by atoms with van der Waals surface area (Å²) in [6.07, 6.45) is 2.32. The lowest BCUT2D eigenvalue weighted by molar-refractivity contribution is -0.153. The Balaban J connectivity index is 1.24. The first-order chi connectivity index (χ1) is 22.9. The number of piperidine rings is 1. The fourth-order valence-electron chi connectivity index (χ4n) is 6.23. The van der Waals surface area contributed by atoms with E-state index in [2.05, 4.69) is 86.6 Å². The van der Waals surface area contributed by atoms with E-state index in [4.69, 9.17) is 4.74 Å². The maximum Gasteiger partial charge on any atom is 0.422 e. The predicted molar refractivity (Wildman–Crippen MR) is 189 cm³/mol. The van der Waals surface area contributed by atoms with Gasteiger partial charge >= 0.3 is 6.18 Å². The molecule has 2 fully saturated rings. The molecule has 0 atom stereocenters. The first kappa shape index (κ1) is 34.5. The molecule has 3 aromatic heterocycles. The number of nitrogens with one attached hydrogen (secondary N) is 2. The Bertz CT molecular complexity index is 1750. The number of alkyl halides is 3. The number of benzene rings is 1. The lowest BCUT2D eigenvalue weighted by Crippen LogP contribution is -2.52. The Morgan fingerprint density at radius 1 is 0.958 bits per heavy atom. The third-order valence-corrected chi connectivity index (χ3v) is 10.6. The van der Waals surface area contributed by atoms with Crippen LogP contribution in [0.2, 0.25) is 0 Å². The molecule has 2 saturated heterocycles. The van der Waals surface area contributed by atoms with Gasteiger partial charge in [0, 0.05) is 74.9 Å². The quantitative estimate of drug-likeness (QED) is 0.200. The average molecular weight is 748 g/mol. The molecule has 16 heteroatoms. The van der Waals surface area contributed by atoms with Gasteiger partial charge in [0.25, 0.3) is 0 Å². The maximum atomic E-state index is 13.3. The number of rotatable bonds is 9. The SMILES string of the molecule is Cc1cc(Nc2ncc(Br)c(Nc3ccc4nccnc4c3P(C)C)n2)c(OCC(F)(F)F)nc1N1CCC(N2CCN(C)CC2)CC1. The lowest BCUT2D eigenvalue weighted by Gasteiger charge is -2.42. The summed E-state index contributed by atoms with van der Waals surface area (Å²) in [5.74, 6) is 1.09. The van der Waals surface area contributed by atoms with Crippen LogP contribution < -0.4 is 25.6 Å². The number of halogens is 4. The molecule has 5 heterocycles. The second-order valence-corrected chi connectivity index (χ2v) is 15.5. The van der Waals surface area contributed by atoms with Crippen LogP contribution in [-0.2, 0) is 0 Å². The molecule has 2 N–H and O–H groups in total. The highest BCUT2D eigenvalue weighted by molar-refractivity contribution is 9.10. The van der Waals surface area contributed by atoms with Crippen LogP contribution in [0.1, 0.15) is 18.4 Å². The molecule has 0 spiro atoms. The van der Waals surface area contributed by atoms with E-state index in [1.807, 2.05) is 19.1 Å². The van der Waals surface area contributed by atoms with E-state index >= 15 is 0 Å². The van der Waals surface area contributed by atoms with Crippen molar-refractivity contribution in [1.29, 1.82) is 0 Å². The minimum Gasteiger partial charge on any atom is -0.466 e. The van der Waals surface area contributed by atoms with E-state index < -0.39 is 20.7 Å². The molecule has 0 aliphatic carbocycles. The largest absolute Gasteiger partial charge is 0.466 e. The smallest absolute Gasteiger partial charge is 0.422 e. The average Bonchev–Trinajstić information content (AvgIpc) is 3.05. The highest BCUT2D eigenvalue weighted by atomic mass is 79.9. The summed E-state index contributed by atoms with van der Waals surface area (Å²) in [5, 5.41) is 7.51. The van der Waals surface area contributed by atoms with Crippen molar-refractivity contribution in [2.75, 3.05) is 81.8 Å². The first-order valence-corrected chi connectivity index (χ1v) is 18.8. The van der Waals surface area contributed by atoms with Crippen LogP contribution in [0.3, 0.4) is 0 Å². The maximum absolute atomic E-state index is 13.3. The van der Waals surface area contributed by atoms with Gasteiger partial charge in [-0.1, -0.05) is 7.92 Å². The fourth-order valence-corrected chi connectivity index (χ4v) is 7.72. The number of nitrogens with zero attached hydrogens (tertiary/aromatic N) is 8. The van der Waals surface area contributed by atoms with Gasteiger partial charge in [-0.25, -0.2) is 4.98 Å². The van der Waals surface area contributed by atoms with Crippen molar-refractivity contribution in [3.8, 4) is 5.88 Å². The molecule has 48 heavy (non-hydrogen) atoms. The summed E-state index contributed by atoms with van der Waals surface area (Å²) in [6.45, 7) is 10.5. The normalized spacial score (nSPS) is 16.9. The Morgan fingerprint density at radius 2 is 1.69 bits per heavy atom. The van der Waals surface area contributed by atoms with E-state index in [9.17, 15) is 13.2 Å². The number of anilines is 5. The monoisotopic (exact) mass is 746 g/mol. The number of likely N-dealkylation sites (N-methyl/N-ethyl adjacent to an activating group) is 1. The summed E-state index contributed by atoms with van der Waals surface area (Å²) in [4.78, 5) is 29.7. The number of pyridine rings is 1. The Morgan fingerprint density at radius 3 is 2.40 bits per heavy atom. The molecule has 0 bridgehead atoms. The van der Waals surface area contributed by atoms with Gasteiger partial charge < -0.3 is 25.2 Å². The Kier molecular flexibility index (Phi) is 10.5. The van der Waals surface area contributed by atoms with Crippen molar-refractivity contribution in [2.45, 2.75) is 32.0 Å². The van der Waals surface area contributed by atoms with E-state index in [0.717, 1.165) is 79.7 Å². The number of fused-ring (bicyclic) bond motifs is 1. The van der Waals surface area contributed by atoms with Crippen LogP contribution in [0, 0.1) is 6.92 Å². The second kappa shape index (κ2) is 14.6. The molecule has 256 valence electrons. The number of aryl methyl sites for hydroxylation is 1. The summed E-state index contributed by atoms with van der Waals surface area (Å²) in [6, 6.07) is 6.09. The molecule has 0 saturated carbocycles. The zero-order chi connectivity index (χ0) is 34.0. The number of hydrogen-bond donors (Lipinski definition) is 2. The van der Waals surface area contributed by atoms with E-state index in [1.165, 1.54) is 0 Å². The molecule has 0 unspecified atom stereocenters. The fraction of sp³-hybridized carbons (Fsp3) is 0.469. The minimum absolute atomic E-state index is 0.159. The van der Waals surface area contributed by atoms with Crippen LogP contribution in [0.4, 0.5) is 42.1 Å². The molecule has 2 aliphatic heterocycles.